The van der Waals surface area contributed by atoms with Gasteiger partial charge in [-0.2, -0.15) is 0 Å². The van der Waals surface area contributed by atoms with Gasteiger partial charge in [-0.15, -0.1) is 0 Å². The van der Waals surface area contributed by atoms with Crippen LogP contribution in [-0.4, -0.2) is 43.7 Å². The van der Waals surface area contributed by atoms with E-state index in [1.54, 1.807) is 6.07 Å². The summed E-state index contributed by atoms with van der Waals surface area (Å²) >= 11 is 5.94. The molecule has 1 aromatic carbocycles. The lowest BCUT2D eigenvalue weighted by Gasteiger charge is -2.31. The van der Waals surface area contributed by atoms with Crippen LogP contribution < -0.4 is 4.74 Å². The Morgan fingerprint density at radius 3 is 2.48 bits per heavy atom. The Bertz CT molecular complexity index is 632. The second-order valence-electron chi connectivity index (χ2n) is 4.90. The lowest BCUT2D eigenvalue weighted by atomic mass is 9.79. The van der Waals surface area contributed by atoms with Crippen LogP contribution in [0.1, 0.15) is 11.5 Å². The number of nitro groups is 1. The highest BCUT2D eigenvalue weighted by atomic mass is 35.5. The number of nitrogens with zero attached hydrogens (tertiary/aromatic N) is 1. The van der Waals surface area contributed by atoms with Gasteiger partial charge in [0, 0.05) is 15.5 Å². The van der Waals surface area contributed by atoms with Crippen molar-refractivity contribution in [1.82, 2.24) is 0 Å². The molecular weight excluding hydrogens is 330 g/mol. The van der Waals surface area contributed by atoms with Gasteiger partial charge >= 0.3 is 11.9 Å². The van der Waals surface area contributed by atoms with Crippen LogP contribution >= 0.6 is 11.6 Å². The Labute approximate surface area is 136 Å². The van der Waals surface area contributed by atoms with Gasteiger partial charge in [-0.1, -0.05) is 11.6 Å². The molecule has 0 aliphatic carbocycles. The summed E-state index contributed by atoms with van der Waals surface area (Å²) < 4.78 is 14.6. The smallest absolute Gasteiger partial charge is 0.320 e. The van der Waals surface area contributed by atoms with Crippen LogP contribution in [0, 0.1) is 16.0 Å². The SMILES string of the molecule is COC(=O)C(C(=O)OC)[C@@H]1c2cc(Cl)ccc2OC[C@H]1[N+](=O)[O-]. The standard InChI is InChI=1S/C14H14ClNO7/c1-21-13(17)12(14(18)22-2)11-8-5-7(15)3-4-10(8)23-6-9(11)16(19)20/h3-5,9,11-12H,6H2,1-2H3/t9-,11-/m1/s1. The lowest BCUT2D eigenvalue weighted by molar-refractivity contribution is -0.531. The molecular formula is C14H14ClNO7. The number of hydrogen-bond acceptors (Lipinski definition) is 7. The molecule has 0 bridgehead atoms. The monoisotopic (exact) mass is 343 g/mol. The highest BCUT2D eigenvalue weighted by Gasteiger charge is 2.50. The molecule has 1 aliphatic rings. The number of hydrogen-bond donors (Lipinski definition) is 0. The van der Waals surface area contributed by atoms with E-state index in [0.29, 0.717) is 16.3 Å². The molecule has 124 valence electrons. The van der Waals surface area contributed by atoms with Gasteiger partial charge < -0.3 is 14.2 Å². The molecule has 1 aliphatic heterocycles. The first kappa shape index (κ1) is 17.0. The lowest BCUT2D eigenvalue weighted by Crippen LogP contribution is -2.46. The summed E-state index contributed by atoms with van der Waals surface area (Å²) in [7, 11) is 2.19. The second-order valence-corrected chi connectivity index (χ2v) is 5.33. The first-order valence-corrected chi connectivity index (χ1v) is 7.00. The van der Waals surface area contributed by atoms with E-state index in [4.69, 9.17) is 16.3 Å². The maximum absolute atomic E-state index is 12.1. The summed E-state index contributed by atoms with van der Waals surface area (Å²) in [6.45, 7) is -0.281. The highest BCUT2D eigenvalue weighted by Crippen LogP contribution is 2.41. The third-order valence-electron chi connectivity index (χ3n) is 3.70. The predicted octanol–water partition coefficient (Wildman–Crippen LogP) is 1.42. The van der Waals surface area contributed by atoms with Gasteiger partial charge in [0.2, 0.25) is 0 Å². The number of carbonyl (C=O) groups is 2. The van der Waals surface area contributed by atoms with Crippen LogP contribution in [0.5, 0.6) is 5.75 Å². The van der Waals surface area contributed by atoms with Crippen molar-refractivity contribution in [3.8, 4) is 5.75 Å². The number of ether oxygens (including phenoxy) is 3. The van der Waals surface area contributed by atoms with E-state index < -0.39 is 34.7 Å². The average molecular weight is 344 g/mol. The van der Waals surface area contributed by atoms with Gasteiger partial charge in [-0.05, 0) is 18.2 Å². The number of methoxy groups -OCH3 is 2. The van der Waals surface area contributed by atoms with Crippen molar-refractivity contribution in [2.75, 3.05) is 20.8 Å². The number of rotatable bonds is 4. The topological polar surface area (TPSA) is 105 Å². The van der Waals surface area contributed by atoms with Crippen molar-refractivity contribution >= 4 is 23.5 Å². The Kier molecular flexibility index (Phi) is 5.05. The molecule has 0 unspecified atom stereocenters. The minimum atomic E-state index is -1.48. The largest absolute Gasteiger partial charge is 0.486 e. The summed E-state index contributed by atoms with van der Waals surface area (Å²) in [5.74, 6) is -4.09. The summed E-state index contributed by atoms with van der Waals surface area (Å²) in [5, 5.41) is 11.7. The molecule has 0 fully saturated rings. The zero-order valence-electron chi connectivity index (χ0n) is 12.4. The molecule has 0 saturated carbocycles. The van der Waals surface area contributed by atoms with Crippen LogP contribution in [0.15, 0.2) is 18.2 Å². The van der Waals surface area contributed by atoms with E-state index in [2.05, 4.69) is 9.47 Å². The average Bonchev–Trinajstić information content (AvgIpc) is 2.54. The molecule has 0 aromatic heterocycles. The minimum absolute atomic E-state index is 0.281. The zero-order valence-corrected chi connectivity index (χ0v) is 13.1. The zero-order chi connectivity index (χ0) is 17.1. The summed E-state index contributed by atoms with van der Waals surface area (Å²) in [6.07, 6.45) is 0. The number of halogens is 1. The number of esters is 2. The van der Waals surface area contributed by atoms with E-state index in [-0.39, 0.29) is 6.61 Å². The van der Waals surface area contributed by atoms with Gasteiger partial charge in [-0.25, -0.2) is 0 Å². The molecule has 9 heteroatoms. The maximum atomic E-state index is 12.1. The predicted molar refractivity (Wildman–Crippen MR) is 78.0 cm³/mol. The van der Waals surface area contributed by atoms with Crippen molar-refractivity contribution < 1.29 is 28.7 Å². The van der Waals surface area contributed by atoms with Crippen LogP contribution in [0.4, 0.5) is 0 Å². The molecule has 0 spiro atoms. The van der Waals surface area contributed by atoms with E-state index >= 15 is 0 Å². The number of benzene rings is 1. The van der Waals surface area contributed by atoms with Crippen molar-refractivity contribution in [3.63, 3.8) is 0 Å². The van der Waals surface area contributed by atoms with Crippen molar-refractivity contribution in [3.05, 3.63) is 38.9 Å². The normalized spacial score (nSPS) is 19.5. The third kappa shape index (κ3) is 3.21. The van der Waals surface area contributed by atoms with Gasteiger partial charge in [0.25, 0.3) is 6.04 Å². The molecule has 0 amide bonds. The Hall–Kier alpha value is -2.35. The highest BCUT2D eigenvalue weighted by molar-refractivity contribution is 6.30. The fraction of sp³-hybridized carbons (Fsp3) is 0.429. The van der Waals surface area contributed by atoms with E-state index in [1.165, 1.54) is 12.1 Å². The van der Waals surface area contributed by atoms with E-state index in [1.807, 2.05) is 0 Å². The summed E-state index contributed by atoms with van der Waals surface area (Å²) in [5.41, 5.74) is 0.297. The fourth-order valence-corrected chi connectivity index (χ4v) is 2.81. The molecule has 8 nitrogen and oxygen atoms in total. The molecule has 23 heavy (non-hydrogen) atoms. The van der Waals surface area contributed by atoms with Crippen LogP contribution in [-0.2, 0) is 19.1 Å². The number of carbonyl (C=O) groups excluding carboxylic acids is 2. The van der Waals surface area contributed by atoms with Crippen molar-refractivity contribution in [2.24, 2.45) is 5.92 Å². The Morgan fingerprint density at radius 2 is 1.96 bits per heavy atom. The molecule has 0 radical (unpaired) electrons. The van der Waals surface area contributed by atoms with E-state index in [9.17, 15) is 19.7 Å². The second kappa shape index (κ2) is 6.82. The first-order valence-electron chi connectivity index (χ1n) is 6.62. The summed E-state index contributed by atoms with van der Waals surface area (Å²) in [6, 6.07) is 3.21. The molecule has 0 N–H and O–H groups in total. The van der Waals surface area contributed by atoms with Gasteiger partial charge in [0.05, 0.1) is 20.1 Å². The van der Waals surface area contributed by atoms with E-state index in [0.717, 1.165) is 14.2 Å². The van der Waals surface area contributed by atoms with Gasteiger partial charge in [-0.3, -0.25) is 19.7 Å². The Balaban J connectivity index is 2.61. The molecule has 2 rings (SSSR count). The van der Waals surface area contributed by atoms with Gasteiger partial charge in [0.15, 0.2) is 12.5 Å². The minimum Gasteiger partial charge on any atom is -0.486 e. The number of fused-ring (bicyclic) bond motifs is 1. The molecule has 0 saturated heterocycles. The Morgan fingerprint density at radius 1 is 1.35 bits per heavy atom. The van der Waals surface area contributed by atoms with Crippen LogP contribution in [0.25, 0.3) is 0 Å². The third-order valence-corrected chi connectivity index (χ3v) is 3.93. The molecule has 1 heterocycles. The van der Waals surface area contributed by atoms with Crippen molar-refractivity contribution in [1.29, 1.82) is 0 Å². The van der Waals surface area contributed by atoms with Crippen LogP contribution in [0.3, 0.4) is 0 Å². The molecule has 1 aromatic rings. The summed E-state index contributed by atoms with van der Waals surface area (Å²) in [4.78, 5) is 34.9. The maximum Gasteiger partial charge on any atom is 0.320 e. The fourth-order valence-electron chi connectivity index (χ4n) is 2.63. The van der Waals surface area contributed by atoms with Gasteiger partial charge in [0.1, 0.15) is 5.75 Å². The van der Waals surface area contributed by atoms with Crippen molar-refractivity contribution in [2.45, 2.75) is 12.0 Å². The molecule has 2 atom stereocenters. The van der Waals surface area contributed by atoms with Crippen LogP contribution in [0.2, 0.25) is 5.02 Å². The quantitative estimate of drug-likeness (QED) is 0.352. The first-order chi connectivity index (χ1) is 10.9.